The van der Waals surface area contributed by atoms with E-state index in [0.29, 0.717) is 18.5 Å². The van der Waals surface area contributed by atoms with Gasteiger partial charge in [0.1, 0.15) is 5.82 Å². The summed E-state index contributed by atoms with van der Waals surface area (Å²) in [5, 5.41) is 0. The van der Waals surface area contributed by atoms with Gasteiger partial charge >= 0.3 is 0 Å². The second-order valence-corrected chi connectivity index (χ2v) is 4.97. The summed E-state index contributed by atoms with van der Waals surface area (Å²) in [6.07, 6.45) is 4.46. The first-order valence-electron chi connectivity index (χ1n) is 6.13. The zero-order valence-corrected chi connectivity index (χ0v) is 10.2. The molecule has 1 aromatic heterocycles. The first-order chi connectivity index (χ1) is 7.72. The maximum absolute atomic E-state index is 5.77. The fourth-order valence-electron chi connectivity index (χ4n) is 2.04. The van der Waals surface area contributed by atoms with Gasteiger partial charge < -0.3 is 10.6 Å². The van der Waals surface area contributed by atoms with Crippen LogP contribution in [0.1, 0.15) is 32.3 Å². The Morgan fingerprint density at radius 1 is 1.50 bits per heavy atom. The lowest BCUT2D eigenvalue weighted by Crippen LogP contribution is -2.31. The van der Waals surface area contributed by atoms with Crippen LogP contribution < -0.4 is 10.6 Å². The molecular formula is C13H21N3. The van der Waals surface area contributed by atoms with E-state index in [0.717, 1.165) is 17.9 Å². The van der Waals surface area contributed by atoms with Crippen LogP contribution >= 0.6 is 0 Å². The van der Waals surface area contributed by atoms with Crippen molar-refractivity contribution in [1.82, 2.24) is 4.98 Å². The fourth-order valence-corrected chi connectivity index (χ4v) is 2.04. The molecule has 2 rings (SSSR count). The largest absolute Gasteiger partial charge is 0.353 e. The Hall–Kier alpha value is -1.09. The van der Waals surface area contributed by atoms with Crippen molar-refractivity contribution in [2.45, 2.75) is 39.3 Å². The molecule has 0 aromatic carbocycles. The van der Waals surface area contributed by atoms with E-state index in [1.54, 1.807) is 0 Å². The standard InChI is InChI=1S/C13H21N3/c1-10(2)9-16(12-5-6-12)13-11(8-14)4-3-7-15-13/h3-4,7,10,12H,5-6,8-9,14H2,1-2H3. The molecule has 1 saturated carbocycles. The zero-order valence-electron chi connectivity index (χ0n) is 10.2. The molecule has 2 N–H and O–H groups in total. The second kappa shape index (κ2) is 4.83. The second-order valence-electron chi connectivity index (χ2n) is 4.97. The molecule has 3 nitrogen and oxygen atoms in total. The lowest BCUT2D eigenvalue weighted by atomic mass is 10.1. The van der Waals surface area contributed by atoms with Crippen LogP contribution in [0.15, 0.2) is 18.3 Å². The third-order valence-electron chi connectivity index (χ3n) is 2.91. The van der Waals surface area contributed by atoms with Gasteiger partial charge in [-0.3, -0.25) is 0 Å². The number of nitrogens with zero attached hydrogens (tertiary/aromatic N) is 2. The molecule has 3 heteroatoms. The Kier molecular flexibility index (Phi) is 3.44. The van der Waals surface area contributed by atoms with Gasteiger partial charge in [-0.05, 0) is 24.8 Å². The number of rotatable bonds is 5. The lowest BCUT2D eigenvalue weighted by Gasteiger charge is -2.27. The summed E-state index contributed by atoms with van der Waals surface area (Å²) in [6, 6.07) is 4.74. The van der Waals surface area contributed by atoms with E-state index in [4.69, 9.17) is 5.73 Å². The molecule has 1 fully saturated rings. The van der Waals surface area contributed by atoms with Crippen LogP contribution in [0.5, 0.6) is 0 Å². The number of hydrogen-bond acceptors (Lipinski definition) is 3. The fraction of sp³-hybridized carbons (Fsp3) is 0.615. The smallest absolute Gasteiger partial charge is 0.133 e. The van der Waals surface area contributed by atoms with E-state index in [2.05, 4.69) is 29.8 Å². The minimum Gasteiger partial charge on any atom is -0.353 e. The molecule has 0 amide bonds. The maximum atomic E-state index is 5.77. The maximum Gasteiger partial charge on any atom is 0.133 e. The van der Waals surface area contributed by atoms with Crippen LogP contribution in [0.25, 0.3) is 0 Å². The molecule has 0 radical (unpaired) electrons. The summed E-state index contributed by atoms with van der Waals surface area (Å²) in [4.78, 5) is 6.95. The summed E-state index contributed by atoms with van der Waals surface area (Å²) < 4.78 is 0. The molecule has 0 unspecified atom stereocenters. The molecule has 1 heterocycles. The zero-order chi connectivity index (χ0) is 11.5. The van der Waals surface area contributed by atoms with Gasteiger partial charge in [-0.1, -0.05) is 19.9 Å². The van der Waals surface area contributed by atoms with Crippen LogP contribution in [0, 0.1) is 5.92 Å². The van der Waals surface area contributed by atoms with Crippen LogP contribution in [0.3, 0.4) is 0 Å². The third kappa shape index (κ3) is 2.53. The Labute approximate surface area is 97.7 Å². The van der Waals surface area contributed by atoms with Crippen molar-refractivity contribution in [3.8, 4) is 0 Å². The molecule has 1 aliphatic rings. The molecule has 16 heavy (non-hydrogen) atoms. The Morgan fingerprint density at radius 2 is 2.25 bits per heavy atom. The van der Waals surface area contributed by atoms with Crippen molar-refractivity contribution in [3.63, 3.8) is 0 Å². The number of anilines is 1. The van der Waals surface area contributed by atoms with Gasteiger partial charge in [0.2, 0.25) is 0 Å². The number of nitrogens with two attached hydrogens (primary N) is 1. The van der Waals surface area contributed by atoms with Crippen molar-refractivity contribution in [3.05, 3.63) is 23.9 Å². The van der Waals surface area contributed by atoms with E-state index < -0.39 is 0 Å². The summed E-state index contributed by atoms with van der Waals surface area (Å²) in [6.45, 7) is 6.15. The molecular weight excluding hydrogens is 198 g/mol. The van der Waals surface area contributed by atoms with Crippen molar-refractivity contribution in [1.29, 1.82) is 0 Å². The molecule has 0 saturated heterocycles. The Balaban J connectivity index is 2.23. The highest BCUT2D eigenvalue weighted by molar-refractivity contribution is 5.48. The molecule has 1 aromatic rings. The van der Waals surface area contributed by atoms with Crippen LogP contribution in [0.2, 0.25) is 0 Å². The number of hydrogen-bond donors (Lipinski definition) is 1. The topological polar surface area (TPSA) is 42.2 Å². The molecule has 0 aliphatic heterocycles. The lowest BCUT2D eigenvalue weighted by molar-refractivity contribution is 0.601. The normalized spacial score (nSPS) is 15.5. The van der Waals surface area contributed by atoms with Gasteiger partial charge in [-0.25, -0.2) is 4.98 Å². The van der Waals surface area contributed by atoms with Gasteiger partial charge in [0, 0.05) is 30.9 Å². The van der Waals surface area contributed by atoms with E-state index in [-0.39, 0.29) is 0 Å². The summed E-state index contributed by atoms with van der Waals surface area (Å²) >= 11 is 0. The molecule has 0 atom stereocenters. The number of aromatic nitrogens is 1. The van der Waals surface area contributed by atoms with Gasteiger partial charge in [0.15, 0.2) is 0 Å². The summed E-state index contributed by atoms with van der Waals surface area (Å²) in [5.74, 6) is 1.76. The molecule has 0 bridgehead atoms. The van der Waals surface area contributed by atoms with E-state index >= 15 is 0 Å². The first-order valence-corrected chi connectivity index (χ1v) is 6.13. The van der Waals surface area contributed by atoms with Crippen LogP contribution in [0.4, 0.5) is 5.82 Å². The van der Waals surface area contributed by atoms with Crippen molar-refractivity contribution >= 4 is 5.82 Å². The Morgan fingerprint density at radius 3 is 2.81 bits per heavy atom. The first kappa shape index (κ1) is 11.4. The quantitative estimate of drug-likeness (QED) is 0.825. The summed E-state index contributed by atoms with van der Waals surface area (Å²) in [7, 11) is 0. The molecule has 88 valence electrons. The van der Waals surface area contributed by atoms with Gasteiger partial charge in [-0.2, -0.15) is 0 Å². The summed E-state index contributed by atoms with van der Waals surface area (Å²) in [5.41, 5.74) is 6.94. The highest BCUT2D eigenvalue weighted by atomic mass is 15.2. The van der Waals surface area contributed by atoms with Crippen molar-refractivity contribution in [2.75, 3.05) is 11.4 Å². The van der Waals surface area contributed by atoms with Crippen molar-refractivity contribution < 1.29 is 0 Å². The van der Waals surface area contributed by atoms with Crippen molar-refractivity contribution in [2.24, 2.45) is 11.7 Å². The average molecular weight is 219 g/mol. The minimum atomic E-state index is 0.574. The molecule has 1 aliphatic carbocycles. The highest BCUT2D eigenvalue weighted by Gasteiger charge is 2.31. The van der Waals surface area contributed by atoms with Gasteiger partial charge in [-0.15, -0.1) is 0 Å². The van der Waals surface area contributed by atoms with E-state index in [1.807, 2.05) is 12.3 Å². The highest BCUT2D eigenvalue weighted by Crippen LogP contribution is 2.32. The van der Waals surface area contributed by atoms with E-state index in [1.165, 1.54) is 12.8 Å². The average Bonchev–Trinajstić information content (AvgIpc) is 3.09. The monoisotopic (exact) mass is 219 g/mol. The minimum absolute atomic E-state index is 0.574. The van der Waals surface area contributed by atoms with Gasteiger partial charge in [0.05, 0.1) is 0 Å². The molecule has 0 spiro atoms. The van der Waals surface area contributed by atoms with Crippen LogP contribution in [-0.4, -0.2) is 17.6 Å². The Bertz CT molecular complexity index is 345. The number of pyridine rings is 1. The predicted molar refractivity (Wildman–Crippen MR) is 67.3 cm³/mol. The SMILES string of the molecule is CC(C)CN(c1ncccc1CN)C1CC1. The van der Waals surface area contributed by atoms with Gasteiger partial charge in [0.25, 0.3) is 0 Å². The predicted octanol–water partition coefficient (Wildman–Crippen LogP) is 2.17. The third-order valence-corrected chi connectivity index (χ3v) is 2.91. The van der Waals surface area contributed by atoms with E-state index in [9.17, 15) is 0 Å². The van der Waals surface area contributed by atoms with Crippen LogP contribution in [-0.2, 0) is 6.54 Å².